The molecule has 0 spiro atoms. The maximum atomic E-state index is 5.89. The standard InChI is InChI=1S/C19H21N9S/c1-4-13-7-5-6-8-14(13)22-17-24-15(23-16(20)25-17)10-29-19-26-18-21-11(2)9-12(3)28(18)27-19/h5-9H,4,10H2,1-3H3,(H3,20,22,23,24,25). The number of nitrogens with one attached hydrogen (secondary N) is 1. The molecule has 4 rings (SSSR count). The van der Waals surface area contributed by atoms with Gasteiger partial charge >= 0.3 is 0 Å². The minimum atomic E-state index is 0.170. The monoisotopic (exact) mass is 407 g/mol. The van der Waals surface area contributed by atoms with Crippen molar-refractivity contribution in [3.05, 3.63) is 53.1 Å². The quantitative estimate of drug-likeness (QED) is 0.464. The zero-order chi connectivity index (χ0) is 20.4. The highest BCUT2D eigenvalue weighted by Crippen LogP contribution is 2.22. The van der Waals surface area contributed by atoms with E-state index >= 15 is 0 Å². The molecule has 0 fully saturated rings. The number of rotatable bonds is 6. The van der Waals surface area contributed by atoms with Gasteiger partial charge in [-0.3, -0.25) is 0 Å². The molecule has 3 heterocycles. The van der Waals surface area contributed by atoms with Crippen molar-refractivity contribution in [2.45, 2.75) is 38.1 Å². The number of nitrogens with zero attached hydrogens (tertiary/aromatic N) is 7. The van der Waals surface area contributed by atoms with E-state index in [9.17, 15) is 0 Å². The van der Waals surface area contributed by atoms with E-state index < -0.39 is 0 Å². The maximum Gasteiger partial charge on any atom is 0.253 e. The minimum absolute atomic E-state index is 0.170. The second-order valence-electron chi connectivity index (χ2n) is 6.50. The van der Waals surface area contributed by atoms with Crippen LogP contribution in [0.4, 0.5) is 17.6 Å². The number of nitrogens with two attached hydrogens (primary N) is 1. The number of para-hydroxylation sites is 1. The average Bonchev–Trinajstić information content (AvgIpc) is 3.10. The molecule has 0 saturated heterocycles. The highest BCUT2D eigenvalue weighted by atomic mass is 32.2. The number of benzene rings is 1. The van der Waals surface area contributed by atoms with Gasteiger partial charge in [-0.15, -0.1) is 5.10 Å². The third-order valence-corrected chi connectivity index (χ3v) is 5.11. The van der Waals surface area contributed by atoms with E-state index in [4.69, 9.17) is 5.73 Å². The van der Waals surface area contributed by atoms with Crippen molar-refractivity contribution >= 4 is 35.1 Å². The maximum absolute atomic E-state index is 5.89. The van der Waals surface area contributed by atoms with Gasteiger partial charge in [0.05, 0.1) is 5.75 Å². The Labute approximate surface area is 172 Å². The normalized spacial score (nSPS) is 11.1. The van der Waals surface area contributed by atoms with Gasteiger partial charge in [0.25, 0.3) is 5.78 Å². The summed E-state index contributed by atoms with van der Waals surface area (Å²) in [5, 5.41) is 8.34. The first kappa shape index (κ1) is 19.1. The number of thioether (sulfide) groups is 1. The van der Waals surface area contributed by atoms with Crippen LogP contribution in [0.15, 0.2) is 35.5 Å². The summed E-state index contributed by atoms with van der Waals surface area (Å²) >= 11 is 1.43. The Morgan fingerprint density at radius 1 is 1.07 bits per heavy atom. The van der Waals surface area contributed by atoms with E-state index in [0.717, 1.165) is 23.5 Å². The van der Waals surface area contributed by atoms with Crippen LogP contribution >= 0.6 is 11.8 Å². The lowest BCUT2D eigenvalue weighted by Gasteiger charge is -2.10. The van der Waals surface area contributed by atoms with Gasteiger partial charge in [-0.05, 0) is 38.0 Å². The molecule has 9 nitrogen and oxygen atoms in total. The number of anilines is 3. The molecule has 1 aromatic carbocycles. The molecule has 29 heavy (non-hydrogen) atoms. The van der Waals surface area contributed by atoms with Gasteiger partial charge in [-0.1, -0.05) is 36.9 Å². The third-order valence-electron chi connectivity index (χ3n) is 4.27. The molecule has 148 valence electrons. The first-order valence-corrected chi connectivity index (χ1v) is 10.2. The highest BCUT2D eigenvalue weighted by Gasteiger charge is 2.11. The van der Waals surface area contributed by atoms with Crippen LogP contribution in [0, 0.1) is 13.8 Å². The number of nitrogen functional groups attached to an aromatic ring is 1. The summed E-state index contributed by atoms with van der Waals surface area (Å²) in [5.74, 6) is 2.19. The second kappa shape index (κ2) is 8.00. The number of aryl methyl sites for hydroxylation is 3. The summed E-state index contributed by atoms with van der Waals surface area (Å²) in [7, 11) is 0. The molecule has 0 saturated carbocycles. The molecular weight excluding hydrogens is 386 g/mol. The van der Waals surface area contributed by atoms with E-state index in [1.807, 2.05) is 38.1 Å². The fourth-order valence-electron chi connectivity index (χ4n) is 2.97. The molecule has 4 aromatic rings. The minimum Gasteiger partial charge on any atom is -0.368 e. The van der Waals surface area contributed by atoms with Crippen LogP contribution in [0.2, 0.25) is 0 Å². The van der Waals surface area contributed by atoms with Crippen LogP contribution < -0.4 is 11.1 Å². The molecule has 0 atom stereocenters. The summed E-state index contributed by atoms with van der Waals surface area (Å²) in [4.78, 5) is 21.8. The van der Waals surface area contributed by atoms with Gasteiger partial charge < -0.3 is 11.1 Å². The zero-order valence-corrected chi connectivity index (χ0v) is 17.2. The molecule has 3 aromatic heterocycles. The van der Waals surface area contributed by atoms with Gasteiger partial charge in [0.15, 0.2) is 0 Å². The average molecular weight is 408 g/mol. The van der Waals surface area contributed by atoms with Crippen molar-refractivity contribution in [1.29, 1.82) is 0 Å². The Balaban J connectivity index is 1.53. The van der Waals surface area contributed by atoms with Crippen molar-refractivity contribution in [2.24, 2.45) is 0 Å². The zero-order valence-electron chi connectivity index (χ0n) is 16.4. The first-order valence-electron chi connectivity index (χ1n) is 9.21. The summed E-state index contributed by atoms with van der Waals surface area (Å²) in [6, 6.07) is 10.00. The Morgan fingerprint density at radius 3 is 2.72 bits per heavy atom. The third kappa shape index (κ3) is 4.27. The Bertz CT molecular complexity index is 1170. The number of aromatic nitrogens is 7. The topological polar surface area (TPSA) is 120 Å². The van der Waals surface area contributed by atoms with Crippen LogP contribution in [0.5, 0.6) is 0 Å². The fraction of sp³-hybridized carbons (Fsp3) is 0.263. The van der Waals surface area contributed by atoms with Crippen LogP contribution in [0.1, 0.15) is 29.7 Å². The molecule has 0 amide bonds. The molecule has 0 aliphatic carbocycles. The van der Waals surface area contributed by atoms with Crippen LogP contribution in [0.25, 0.3) is 5.78 Å². The van der Waals surface area contributed by atoms with Gasteiger partial charge in [-0.2, -0.15) is 19.9 Å². The van der Waals surface area contributed by atoms with E-state index in [2.05, 4.69) is 48.3 Å². The Kier molecular flexibility index (Phi) is 5.26. The van der Waals surface area contributed by atoms with Crippen molar-refractivity contribution in [3.63, 3.8) is 0 Å². The lowest BCUT2D eigenvalue weighted by atomic mass is 10.1. The first-order chi connectivity index (χ1) is 14.0. The summed E-state index contributed by atoms with van der Waals surface area (Å²) in [6.07, 6.45) is 0.902. The second-order valence-corrected chi connectivity index (χ2v) is 7.45. The molecule has 0 aliphatic heterocycles. The summed E-state index contributed by atoms with van der Waals surface area (Å²) in [5.41, 5.74) is 9.92. The number of hydrogen-bond donors (Lipinski definition) is 2. The molecule has 0 bridgehead atoms. The van der Waals surface area contributed by atoms with Gasteiger partial charge in [-0.25, -0.2) is 9.50 Å². The van der Waals surface area contributed by atoms with Crippen LogP contribution in [-0.4, -0.2) is 34.5 Å². The van der Waals surface area contributed by atoms with Crippen molar-refractivity contribution in [3.8, 4) is 0 Å². The van der Waals surface area contributed by atoms with E-state index in [-0.39, 0.29) is 5.95 Å². The predicted octanol–water partition coefficient (Wildman–Crippen LogP) is 3.11. The van der Waals surface area contributed by atoms with Crippen molar-refractivity contribution in [2.75, 3.05) is 11.1 Å². The van der Waals surface area contributed by atoms with Gasteiger partial charge in [0, 0.05) is 17.1 Å². The lowest BCUT2D eigenvalue weighted by molar-refractivity contribution is 0.842. The highest BCUT2D eigenvalue weighted by molar-refractivity contribution is 7.98. The molecule has 3 N–H and O–H groups in total. The Hall–Kier alpha value is -3.27. The van der Waals surface area contributed by atoms with Crippen LogP contribution in [-0.2, 0) is 12.2 Å². The predicted molar refractivity (Wildman–Crippen MR) is 113 cm³/mol. The molecular formula is C19H21N9S. The smallest absolute Gasteiger partial charge is 0.253 e. The molecule has 0 aliphatic rings. The van der Waals surface area contributed by atoms with E-state index in [1.54, 1.807) is 4.52 Å². The summed E-state index contributed by atoms with van der Waals surface area (Å²) in [6.45, 7) is 6.02. The Morgan fingerprint density at radius 2 is 1.90 bits per heavy atom. The van der Waals surface area contributed by atoms with Gasteiger partial charge in [0.2, 0.25) is 17.1 Å². The van der Waals surface area contributed by atoms with Crippen molar-refractivity contribution < 1.29 is 0 Å². The fourth-order valence-corrected chi connectivity index (χ4v) is 3.64. The van der Waals surface area contributed by atoms with E-state index in [0.29, 0.717) is 28.5 Å². The lowest BCUT2D eigenvalue weighted by Crippen LogP contribution is -2.07. The molecule has 10 heteroatoms. The largest absolute Gasteiger partial charge is 0.368 e. The number of hydrogen-bond acceptors (Lipinski definition) is 9. The van der Waals surface area contributed by atoms with Crippen LogP contribution in [0.3, 0.4) is 0 Å². The molecule has 0 radical (unpaired) electrons. The number of fused-ring (bicyclic) bond motifs is 1. The van der Waals surface area contributed by atoms with E-state index in [1.165, 1.54) is 17.3 Å². The molecule has 0 unspecified atom stereocenters. The van der Waals surface area contributed by atoms with Gasteiger partial charge in [0.1, 0.15) is 5.82 Å². The van der Waals surface area contributed by atoms with Crippen molar-refractivity contribution in [1.82, 2.24) is 34.5 Å². The summed E-state index contributed by atoms with van der Waals surface area (Å²) < 4.78 is 1.73. The SMILES string of the molecule is CCc1ccccc1Nc1nc(N)nc(CSc2nc3nc(C)cc(C)n3n2)n1.